The summed E-state index contributed by atoms with van der Waals surface area (Å²) in [6.45, 7) is 2.05. The van der Waals surface area contributed by atoms with E-state index in [9.17, 15) is 19.8 Å². The second-order valence-corrected chi connectivity index (χ2v) is 11.5. The van der Waals surface area contributed by atoms with Crippen molar-refractivity contribution in [2.45, 2.75) is 70.0 Å². The van der Waals surface area contributed by atoms with Crippen LogP contribution in [-0.4, -0.2) is 76.3 Å². The number of aliphatic imine (C=N–C) groups is 1. The minimum absolute atomic E-state index is 0.00725. The average molecular weight is 579 g/mol. The number of guanidine groups is 1. The van der Waals surface area contributed by atoms with E-state index in [4.69, 9.17) is 20.2 Å². The number of aliphatic carboxylic acids is 1. The summed E-state index contributed by atoms with van der Waals surface area (Å²) >= 11 is 0. The van der Waals surface area contributed by atoms with E-state index >= 15 is 0 Å². The van der Waals surface area contributed by atoms with Crippen LogP contribution in [0, 0.1) is 11.8 Å². The molecule has 0 radical (unpaired) electrons. The zero-order valence-electron chi connectivity index (χ0n) is 24.1. The van der Waals surface area contributed by atoms with Gasteiger partial charge in [0.1, 0.15) is 11.5 Å². The van der Waals surface area contributed by atoms with Crippen LogP contribution in [0.3, 0.4) is 0 Å². The number of ether oxygens (including phenoxy) is 2. The lowest BCUT2D eigenvalue weighted by Crippen LogP contribution is -2.50. The lowest BCUT2D eigenvalue weighted by Gasteiger charge is -2.42. The Bertz CT molecular complexity index is 1240. The van der Waals surface area contributed by atoms with Gasteiger partial charge in [0.25, 0.3) is 0 Å². The first-order chi connectivity index (χ1) is 20.4. The number of para-hydroxylation sites is 1. The second kappa shape index (κ2) is 14.0. The molecule has 10 heteroatoms. The van der Waals surface area contributed by atoms with Crippen LogP contribution in [0.2, 0.25) is 0 Å². The highest BCUT2D eigenvalue weighted by atomic mass is 16.5. The number of hydrogen-bond acceptors (Lipinski definition) is 8. The van der Waals surface area contributed by atoms with Gasteiger partial charge < -0.3 is 35.2 Å². The van der Waals surface area contributed by atoms with Gasteiger partial charge in [-0.2, -0.15) is 0 Å². The molecule has 5 rings (SSSR count). The third kappa shape index (κ3) is 7.22. The van der Waals surface area contributed by atoms with Crippen molar-refractivity contribution in [2.75, 3.05) is 26.4 Å². The molecule has 0 aromatic heterocycles. The summed E-state index contributed by atoms with van der Waals surface area (Å²) in [4.78, 5) is 33.6. The molecule has 2 aliphatic heterocycles. The maximum atomic E-state index is 13.6. The van der Waals surface area contributed by atoms with Gasteiger partial charge in [-0.05, 0) is 81.2 Å². The maximum Gasteiger partial charge on any atom is 0.306 e. The molecule has 42 heavy (non-hydrogen) atoms. The lowest BCUT2D eigenvalue weighted by molar-refractivity contribution is -0.143. The van der Waals surface area contributed by atoms with Crippen molar-refractivity contribution in [3.05, 3.63) is 54.1 Å². The molecule has 0 bridgehead atoms. The van der Waals surface area contributed by atoms with Gasteiger partial charge in [-0.3, -0.25) is 9.59 Å². The summed E-state index contributed by atoms with van der Waals surface area (Å²) in [5.74, 6) is 1.10. The van der Waals surface area contributed by atoms with Gasteiger partial charge in [-0.1, -0.05) is 18.2 Å². The third-order valence-corrected chi connectivity index (χ3v) is 8.91. The number of nitrogens with two attached hydrogens (primary N) is 1. The molecule has 226 valence electrons. The standard InChI is InChI=1S/C32H42N4O6/c33-32-34-28-11-10-27(42-26-4-2-1-3-5-26)20-24(28)21-36(32)29(22-14-18-41-19-15-22)12-13-30(38)35(16-17-37)25-8-6-23(7-9-25)31(39)40/h1-5,10-11,20,22-23,25,29,37H,6-9,12-19,21H2,(H2,33,34)(H,39,40). The largest absolute Gasteiger partial charge is 0.481 e. The molecule has 1 saturated carbocycles. The number of carboxylic acid groups (broad SMARTS) is 1. The molecule has 2 aromatic carbocycles. The molecule has 4 N–H and O–H groups in total. The molecular formula is C32H42N4O6. The molecule has 1 aliphatic carbocycles. The Kier molecular flexibility index (Phi) is 9.97. The highest BCUT2D eigenvalue weighted by Crippen LogP contribution is 2.36. The Balaban J connectivity index is 1.30. The fourth-order valence-corrected chi connectivity index (χ4v) is 6.64. The lowest BCUT2D eigenvalue weighted by atomic mass is 9.84. The van der Waals surface area contributed by atoms with Crippen LogP contribution in [0.1, 0.15) is 56.9 Å². The molecule has 3 aliphatic rings. The number of hydrogen-bond donors (Lipinski definition) is 3. The maximum absolute atomic E-state index is 13.6. The van der Waals surface area contributed by atoms with E-state index in [1.54, 1.807) is 4.90 Å². The molecule has 2 fully saturated rings. The van der Waals surface area contributed by atoms with E-state index in [-0.39, 0.29) is 37.1 Å². The van der Waals surface area contributed by atoms with Gasteiger partial charge in [0.15, 0.2) is 5.96 Å². The van der Waals surface area contributed by atoms with Crippen LogP contribution < -0.4 is 10.5 Å². The number of rotatable bonds is 11. The Morgan fingerprint density at radius 3 is 2.48 bits per heavy atom. The second-order valence-electron chi connectivity index (χ2n) is 11.5. The van der Waals surface area contributed by atoms with Crippen molar-refractivity contribution in [2.24, 2.45) is 22.6 Å². The Labute approximate surface area is 247 Å². The van der Waals surface area contributed by atoms with Crippen molar-refractivity contribution < 1.29 is 29.3 Å². The Morgan fingerprint density at radius 1 is 1.05 bits per heavy atom. The number of carbonyl (C=O) groups excluding carboxylic acids is 1. The number of carbonyl (C=O) groups is 2. The molecular weight excluding hydrogens is 536 g/mol. The van der Waals surface area contributed by atoms with Gasteiger partial charge in [-0.15, -0.1) is 0 Å². The molecule has 0 spiro atoms. The molecule has 1 amide bonds. The smallest absolute Gasteiger partial charge is 0.306 e. The fraction of sp³-hybridized carbons (Fsp3) is 0.531. The number of nitrogens with zero attached hydrogens (tertiary/aromatic N) is 3. The Hall–Kier alpha value is -3.63. The van der Waals surface area contributed by atoms with Gasteiger partial charge in [-0.25, -0.2) is 4.99 Å². The van der Waals surface area contributed by atoms with Gasteiger partial charge in [0, 0.05) is 50.4 Å². The molecule has 1 atom stereocenters. The normalized spacial score (nSPS) is 21.6. The first kappa shape index (κ1) is 29.8. The number of carboxylic acids is 1. The predicted molar refractivity (Wildman–Crippen MR) is 159 cm³/mol. The topological polar surface area (TPSA) is 138 Å². The average Bonchev–Trinajstić information content (AvgIpc) is 3.01. The fourth-order valence-electron chi connectivity index (χ4n) is 6.64. The summed E-state index contributed by atoms with van der Waals surface area (Å²) in [5, 5.41) is 19.1. The molecule has 2 heterocycles. The van der Waals surface area contributed by atoms with E-state index in [1.807, 2.05) is 48.5 Å². The van der Waals surface area contributed by atoms with E-state index < -0.39 is 5.97 Å². The molecule has 10 nitrogen and oxygen atoms in total. The van der Waals surface area contributed by atoms with Crippen molar-refractivity contribution in [3.8, 4) is 11.5 Å². The molecule has 2 aromatic rings. The first-order valence-corrected chi connectivity index (χ1v) is 15.1. The highest BCUT2D eigenvalue weighted by molar-refractivity contribution is 5.84. The van der Waals surface area contributed by atoms with Crippen LogP contribution in [0.15, 0.2) is 53.5 Å². The number of aliphatic hydroxyl groups excluding tert-OH is 1. The summed E-state index contributed by atoms with van der Waals surface area (Å²) in [6, 6.07) is 15.4. The van der Waals surface area contributed by atoms with Crippen LogP contribution in [0.4, 0.5) is 5.69 Å². The SMILES string of the molecule is NC1=Nc2ccc(Oc3ccccc3)cc2CN1C(CCC(=O)N(CCO)C1CCC(C(=O)O)CC1)C1CCOCC1. The van der Waals surface area contributed by atoms with Crippen molar-refractivity contribution in [1.82, 2.24) is 9.80 Å². The highest BCUT2D eigenvalue weighted by Gasteiger charge is 2.35. The predicted octanol–water partition coefficient (Wildman–Crippen LogP) is 4.28. The van der Waals surface area contributed by atoms with E-state index in [1.165, 1.54) is 0 Å². The number of benzene rings is 2. The van der Waals surface area contributed by atoms with Gasteiger partial charge >= 0.3 is 5.97 Å². The van der Waals surface area contributed by atoms with Crippen LogP contribution >= 0.6 is 0 Å². The van der Waals surface area contributed by atoms with Crippen LogP contribution in [0.5, 0.6) is 11.5 Å². The number of aliphatic hydroxyl groups is 1. The van der Waals surface area contributed by atoms with Crippen LogP contribution in [0.25, 0.3) is 0 Å². The Morgan fingerprint density at radius 2 is 1.79 bits per heavy atom. The zero-order valence-corrected chi connectivity index (χ0v) is 24.1. The van der Waals surface area contributed by atoms with Crippen molar-refractivity contribution in [3.63, 3.8) is 0 Å². The summed E-state index contributed by atoms with van der Waals surface area (Å²) < 4.78 is 11.7. The van der Waals surface area contributed by atoms with Gasteiger partial charge in [0.05, 0.1) is 18.2 Å². The minimum atomic E-state index is -0.770. The molecule has 1 unspecified atom stereocenters. The first-order valence-electron chi connectivity index (χ1n) is 15.1. The summed E-state index contributed by atoms with van der Waals surface area (Å²) in [7, 11) is 0. The van der Waals surface area contributed by atoms with E-state index in [0.717, 1.165) is 35.6 Å². The van der Waals surface area contributed by atoms with Crippen LogP contribution in [-0.2, 0) is 20.9 Å². The minimum Gasteiger partial charge on any atom is -0.481 e. The number of amides is 1. The van der Waals surface area contributed by atoms with Crippen molar-refractivity contribution in [1.29, 1.82) is 0 Å². The monoisotopic (exact) mass is 578 g/mol. The van der Waals surface area contributed by atoms with Gasteiger partial charge in [0.2, 0.25) is 5.91 Å². The van der Waals surface area contributed by atoms with E-state index in [0.29, 0.717) is 70.2 Å². The summed E-state index contributed by atoms with van der Waals surface area (Å²) in [6.07, 6.45) is 5.06. The number of fused-ring (bicyclic) bond motifs is 1. The zero-order chi connectivity index (χ0) is 29.5. The molecule has 1 saturated heterocycles. The van der Waals surface area contributed by atoms with E-state index in [2.05, 4.69) is 4.90 Å². The van der Waals surface area contributed by atoms with Crippen molar-refractivity contribution >= 4 is 23.5 Å². The summed E-state index contributed by atoms with van der Waals surface area (Å²) in [5.41, 5.74) is 8.40. The third-order valence-electron chi connectivity index (χ3n) is 8.91. The quantitative estimate of drug-likeness (QED) is 0.359.